The summed E-state index contributed by atoms with van der Waals surface area (Å²) in [6.07, 6.45) is 1.54. The van der Waals surface area contributed by atoms with E-state index in [0.717, 1.165) is 32.6 Å². The highest BCUT2D eigenvalue weighted by atomic mass is 19.1. The monoisotopic (exact) mass is 280 g/mol. The van der Waals surface area contributed by atoms with Gasteiger partial charge in [-0.05, 0) is 52.3 Å². The maximum atomic E-state index is 13.1. The lowest BCUT2D eigenvalue weighted by atomic mass is 10.1. The van der Waals surface area contributed by atoms with E-state index in [1.54, 1.807) is 12.1 Å². The Labute approximate surface area is 121 Å². The minimum Gasteiger partial charge on any atom is -0.309 e. The number of rotatable bonds is 9. The van der Waals surface area contributed by atoms with Gasteiger partial charge in [0.15, 0.2) is 5.78 Å². The smallest absolute Gasteiger partial charge is 0.164 e. The first-order chi connectivity index (χ1) is 9.52. The Morgan fingerprint density at radius 2 is 1.95 bits per heavy atom. The highest BCUT2D eigenvalue weighted by molar-refractivity contribution is 5.96. The van der Waals surface area contributed by atoms with Gasteiger partial charge in [-0.15, -0.1) is 0 Å². The summed E-state index contributed by atoms with van der Waals surface area (Å²) in [5.41, 5.74) is 0.467. The fraction of sp³-hybridized carbons (Fsp3) is 0.562. The van der Waals surface area contributed by atoms with Crippen LogP contribution >= 0.6 is 0 Å². The summed E-state index contributed by atoms with van der Waals surface area (Å²) in [6.45, 7) is 5.81. The molecule has 0 saturated heterocycles. The van der Waals surface area contributed by atoms with Crippen LogP contribution in [0.25, 0.3) is 0 Å². The van der Waals surface area contributed by atoms with Crippen molar-refractivity contribution in [1.29, 1.82) is 0 Å². The van der Waals surface area contributed by atoms with Gasteiger partial charge in [-0.2, -0.15) is 0 Å². The van der Waals surface area contributed by atoms with E-state index in [1.165, 1.54) is 12.1 Å². The number of nitrogens with zero attached hydrogens (tertiary/aromatic N) is 2. The molecule has 0 atom stereocenters. The Bertz CT molecular complexity index is 421. The van der Waals surface area contributed by atoms with Gasteiger partial charge >= 0.3 is 0 Å². The number of halogens is 1. The molecule has 0 amide bonds. The maximum Gasteiger partial charge on any atom is 0.164 e. The number of carbonyl (C=O) groups excluding carboxylic acids is 1. The van der Waals surface area contributed by atoms with E-state index in [4.69, 9.17) is 0 Å². The molecular formula is C16H25FN2O. The molecule has 0 unspecified atom stereocenters. The van der Waals surface area contributed by atoms with Crippen LogP contribution in [0, 0.1) is 5.82 Å². The summed E-state index contributed by atoms with van der Waals surface area (Å²) < 4.78 is 13.1. The van der Waals surface area contributed by atoms with Gasteiger partial charge in [-0.25, -0.2) is 4.39 Å². The van der Waals surface area contributed by atoms with Gasteiger partial charge < -0.3 is 9.80 Å². The van der Waals surface area contributed by atoms with E-state index in [-0.39, 0.29) is 11.6 Å². The van der Waals surface area contributed by atoms with Crippen LogP contribution in [0.3, 0.4) is 0 Å². The van der Waals surface area contributed by atoms with Crippen LogP contribution in [-0.4, -0.2) is 55.9 Å². The maximum absolute atomic E-state index is 13.1. The number of benzene rings is 1. The van der Waals surface area contributed by atoms with Crippen molar-refractivity contribution in [2.24, 2.45) is 0 Å². The normalized spacial score (nSPS) is 11.3. The highest BCUT2D eigenvalue weighted by Crippen LogP contribution is 2.07. The third-order valence-electron chi connectivity index (χ3n) is 3.33. The van der Waals surface area contributed by atoms with Gasteiger partial charge in [0.2, 0.25) is 0 Å². The lowest BCUT2D eigenvalue weighted by molar-refractivity contribution is 0.0964. The second-order valence-corrected chi connectivity index (χ2v) is 5.27. The topological polar surface area (TPSA) is 23.6 Å². The molecule has 4 heteroatoms. The Kier molecular flexibility index (Phi) is 7.41. The number of hydrogen-bond acceptors (Lipinski definition) is 3. The SMILES string of the molecule is CCN(CCCN(C)C)CCC(=O)c1cccc(F)c1. The van der Waals surface area contributed by atoms with Gasteiger partial charge in [-0.3, -0.25) is 4.79 Å². The zero-order chi connectivity index (χ0) is 15.0. The molecule has 0 aliphatic heterocycles. The molecule has 20 heavy (non-hydrogen) atoms. The van der Waals surface area contributed by atoms with Gasteiger partial charge in [0.25, 0.3) is 0 Å². The van der Waals surface area contributed by atoms with Crippen molar-refractivity contribution >= 4 is 5.78 Å². The molecule has 0 N–H and O–H groups in total. The lowest BCUT2D eigenvalue weighted by Gasteiger charge is -2.21. The molecule has 1 aromatic rings. The summed E-state index contributed by atoms with van der Waals surface area (Å²) in [5, 5.41) is 0. The zero-order valence-corrected chi connectivity index (χ0v) is 12.7. The predicted molar refractivity (Wildman–Crippen MR) is 80.6 cm³/mol. The van der Waals surface area contributed by atoms with Crippen molar-refractivity contribution < 1.29 is 9.18 Å². The largest absolute Gasteiger partial charge is 0.309 e. The molecule has 0 spiro atoms. The van der Waals surface area contributed by atoms with Crippen LogP contribution in [0.15, 0.2) is 24.3 Å². The van der Waals surface area contributed by atoms with Gasteiger partial charge in [-0.1, -0.05) is 19.1 Å². The molecule has 1 aromatic carbocycles. The van der Waals surface area contributed by atoms with E-state index < -0.39 is 0 Å². The van der Waals surface area contributed by atoms with Crippen LogP contribution in [0.2, 0.25) is 0 Å². The average molecular weight is 280 g/mol. The van der Waals surface area contributed by atoms with Crippen molar-refractivity contribution in [1.82, 2.24) is 9.80 Å². The Morgan fingerprint density at radius 3 is 2.55 bits per heavy atom. The second-order valence-electron chi connectivity index (χ2n) is 5.27. The van der Waals surface area contributed by atoms with Crippen molar-refractivity contribution in [2.45, 2.75) is 19.8 Å². The van der Waals surface area contributed by atoms with Crippen LogP contribution in [0.5, 0.6) is 0 Å². The lowest BCUT2D eigenvalue weighted by Crippen LogP contribution is -2.29. The third-order valence-corrected chi connectivity index (χ3v) is 3.33. The summed E-state index contributed by atoms with van der Waals surface area (Å²) in [5.74, 6) is -0.343. The molecule has 1 rings (SSSR count). The minimum atomic E-state index is -0.353. The Morgan fingerprint density at radius 1 is 1.20 bits per heavy atom. The van der Waals surface area contributed by atoms with Crippen molar-refractivity contribution in [3.63, 3.8) is 0 Å². The Balaban J connectivity index is 2.38. The van der Waals surface area contributed by atoms with Gasteiger partial charge in [0.05, 0.1) is 0 Å². The van der Waals surface area contributed by atoms with Crippen LogP contribution in [0.4, 0.5) is 4.39 Å². The van der Waals surface area contributed by atoms with E-state index in [0.29, 0.717) is 12.0 Å². The number of ketones is 1. The summed E-state index contributed by atoms with van der Waals surface area (Å²) in [6, 6.07) is 5.92. The van der Waals surface area contributed by atoms with Crippen molar-refractivity contribution in [3.8, 4) is 0 Å². The predicted octanol–water partition coefficient (Wildman–Crippen LogP) is 2.67. The van der Waals surface area contributed by atoms with E-state index in [1.807, 2.05) is 0 Å². The van der Waals surface area contributed by atoms with E-state index in [2.05, 4.69) is 30.8 Å². The second kappa shape index (κ2) is 8.82. The quantitative estimate of drug-likeness (QED) is 0.650. The van der Waals surface area contributed by atoms with Crippen molar-refractivity contribution in [2.75, 3.05) is 40.3 Å². The molecule has 0 heterocycles. The molecular weight excluding hydrogens is 255 g/mol. The van der Waals surface area contributed by atoms with E-state index in [9.17, 15) is 9.18 Å². The molecule has 0 aliphatic rings. The Hall–Kier alpha value is -1.26. The van der Waals surface area contributed by atoms with Crippen LogP contribution in [0.1, 0.15) is 30.1 Å². The number of Topliss-reactive ketones (excluding diaryl/α,β-unsaturated/α-hetero) is 1. The third kappa shape index (κ3) is 6.26. The average Bonchev–Trinajstić information content (AvgIpc) is 2.41. The molecule has 3 nitrogen and oxygen atoms in total. The fourth-order valence-electron chi connectivity index (χ4n) is 2.10. The molecule has 0 saturated carbocycles. The first kappa shape index (κ1) is 16.8. The molecule has 0 radical (unpaired) electrons. The molecule has 0 aliphatic carbocycles. The summed E-state index contributed by atoms with van der Waals surface area (Å²) >= 11 is 0. The first-order valence-electron chi connectivity index (χ1n) is 7.18. The summed E-state index contributed by atoms with van der Waals surface area (Å²) in [4.78, 5) is 16.4. The molecule has 0 fully saturated rings. The van der Waals surface area contributed by atoms with Crippen LogP contribution in [-0.2, 0) is 0 Å². The first-order valence-corrected chi connectivity index (χ1v) is 7.18. The molecule has 112 valence electrons. The number of carbonyl (C=O) groups is 1. The summed E-state index contributed by atoms with van der Waals surface area (Å²) in [7, 11) is 4.12. The molecule has 0 bridgehead atoms. The van der Waals surface area contributed by atoms with Crippen LogP contribution < -0.4 is 0 Å². The fourth-order valence-corrected chi connectivity index (χ4v) is 2.10. The molecule has 0 aromatic heterocycles. The van der Waals surface area contributed by atoms with Gasteiger partial charge in [0, 0.05) is 18.5 Å². The standard InChI is InChI=1S/C16H25FN2O/c1-4-19(11-6-10-18(2)3)12-9-16(20)14-7-5-8-15(17)13-14/h5,7-8,13H,4,6,9-12H2,1-3H3. The zero-order valence-electron chi connectivity index (χ0n) is 12.7. The van der Waals surface area contributed by atoms with E-state index >= 15 is 0 Å². The van der Waals surface area contributed by atoms with Gasteiger partial charge in [0.1, 0.15) is 5.82 Å². The highest BCUT2D eigenvalue weighted by Gasteiger charge is 2.09. The number of hydrogen-bond donors (Lipinski definition) is 0. The minimum absolute atomic E-state index is 0.00978. The van der Waals surface area contributed by atoms with Crippen molar-refractivity contribution in [3.05, 3.63) is 35.6 Å².